The van der Waals surface area contributed by atoms with E-state index in [-0.39, 0.29) is 5.92 Å². The maximum absolute atomic E-state index is 11.7. The van der Waals surface area contributed by atoms with Gasteiger partial charge in [-0.2, -0.15) is 0 Å². The summed E-state index contributed by atoms with van der Waals surface area (Å²) in [7, 11) is 4.31. The van der Waals surface area contributed by atoms with Crippen molar-refractivity contribution in [1.29, 1.82) is 0 Å². The van der Waals surface area contributed by atoms with E-state index in [9.17, 15) is 9.90 Å². The van der Waals surface area contributed by atoms with Gasteiger partial charge in [0.1, 0.15) is 6.04 Å². The predicted molar refractivity (Wildman–Crippen MR) is 94.9 cm³/mol. The average Bonchev–Trinajstić information content (AvgIpc) is 2.48. The zero-order valence-electron chi connectivity index (χ0n) is 15.7. The molecule has 23 heavy (non-hydrogen) atoms. The van der Waals surface area contributed by atoms with E-state index in [1.807, 2.05) is 13.8 Å². The first-order valence-electron chi connectivity index (χ1n) is 8.91. The standard InChI is InChI=1S/C17H36N4O2/c1-6-20-11-9-18(4)7-8-19(5)10-13-21(14-12-20)16(15(2)3)17(22)23/h15-16H,6-14H2,1-5H3,(H,22,23). The lowest BCUT2D eigenvalue weighted by molar-refractivity contribution is -0.145. The second-order valence-electron chi connectivity index (χ2n) is 7.10. The van der Waals surface area contributed by atoms with Gasteiger partial charge in [-0.05, 0) is 26.6 Å². The van der Waals surface area contributed by atoms with Crippen molar-refractivity contribution in [3.63, 3.8) is 0 Å². The Morgan fingerprint density at radius 3 is 1.83 bits per heavy atom. The van der Waals surface area contributed by atoms with E-state index in [4.69, 9.17) is 0 Å². The van der Waals surface area contributed by atoms with Crippen LogP contribution in [0.15, 0.2) is 0 Å². The fourth-order valence-corrected chi connectivity index (χ4v) is 3.13. The maximum atomic E-state index is 11.7. The van der Waals surface area contributed by atoms with Crippen molar-refractivity contribution >= 4 is 5.97 Å². The summed E-state index contributed by atoms with van der Waals surface area (Å²) >= 11 is 0. The fraction of sp³-hybridized carbons (Fsp3) is 0.941. The van der Waals surface area contributed by atoms with E-state index in [0.717, 1.165) is 58.9 Å². The highest BCUT2D eigenvalue weighted by Crippen LogP contribution is 2.12. The average molecular weight is 329 g/mol. The second kappa shape index (κ2) is 10.2. The number of hydrogen-bond donors (Lipinski definition) is 1. The molecule has 0 saturated carbocycles. The van der Waals surface area contributed by atoms with E-state index >= 15 is 0 Å². The lowest BCUT2D eigenvalue weighted by Crippen LogP contribution is -2.51. The Balaban J connectivity index is 2.81. The number of likely N-dealkylation sites (N-methyl/N-ethyl adjacent to an activating group) is 3. The van der Waals surface area contributed by atoms with Crippen LogP contribution in [0.25, 0.3) is 0 Å². The van der Waals surface area contributed by atoms with Crippen LogP contribution in [-0.2, 0) is 4.79 Å². The van der Waals surface area contributed by atoms with Crippen molar-refractivity contribution in [1.82, 2.24) is 19.6 Å². The topological polar surface area (TPSA) is 50.3 Å². The molecule has 136 valence electrons. The first-order chi connectivity index (χ1) is 10.8. The highest BCUT2D eigenvalue weighted by molar-refractivity contribution is 5.73. The van der Waals surface area contributed by atoms with E-state index < -0.39 is 12.0 Å². The molecule has 1 N–H and O–H groups in total. The highest BCUT2D eigenvalue weighted by atomic mass is 16.4. The summed E-state index contributed by atoms with van der Waals surface area (Å²) in [5.41, 5.74) is 0. The molecule has 1 aliphatic heterocycles. The summed E-state index contributed by atoms with van der Waals surface area (Å²) in [5.74, 6) is -0.579. The number of rotatable bonds is 4. The first kappa shape index (κ1) is 20.4. The zero-order chi connectivity index (χ0) is 17.4. The fourth-order valence-electron chi connectivity index (χ4n) is 3.13. The molecule has 6 heteroatoms. The van der Waals surface area contributed by atoms with Crippen LogP contribution in [0.5, 0.6) is 0 Å². The third kappa shape index (κ3) is 7.16. The summed E-state index contributed by atoms with van der Waals surface area (Å²) in [5, 5.41) is 9.63. The van der Waals surface area contributed by atoms with E-state index in [1.54, 1.807) is 0 Å². The first-order valence-corrected chi connectivity index (χ1v) is 8.91. The van der Waals surface area contributed by atoms with Gasteiger partial charge in [0.05, 0.1) is 0 Å². The van der Waals surface area contributed by atoms with E-state index in [2.05, 4.69) is 40.6 Å². The number of carboxylic acids is 1. The predicted octanol–water partition coefficient (Wildman–Crippen LogP) is 0.597. The number of carbonyl (C=O) groups is 1. The molecule has 0 amide bonds. The van der Waals surface area contributed by atoms with Gasteiger partial charge in [-0.3, -0.25) is 9.69 Å². The molecule has 0 radical (unpaired) electrons. The molecular formula is C17H36N4O2. The van der Waals surface area contributed by atoms with E-state index in [0.29, 0.717) is 0 Å². The Morgan fingerprint density at radius 2 is 1.35 bits per heavy atom. The third-order valence-electron chi connectivity index (χ3n) is 4.86. The molecule has 1 fully saturated rings. The zero-order valence-corrected chi connectivity index (χ0v) is 15.7. The molecule has 1 saturated heterocycles. The molecule has 1 aliphatic rings. The Kier molecular flexibility index (Phi) is 9.06. The van der Waals surface area contributed by atoms with Crippen molar-refractivity contribution in [2.24, 2.45) is 5.92 Å². The van der Waals surface area contributed by atoms with Crippen LogP contribution < -0.4 is 0 Å². The minimum absolute atomic E-state index is 0.118. The summed E-state index contributed by atoms with van der Waals surface area (Å²) in [6, 6.07) is -0.396. The van der Waals surface area contributed by atoms with Crippen LogP contribution >= 0.6 is 0 Å². The molecule has 0 aromatic carbocycles. The van der Waals surface area contributed by atoms with Gasteiger partial charge >= 0.3 is 5.97 Å². The molecule has 0 bridgehead atoms. The van der Waals surface area contributed by atoms with Gasteiger partial charge in [0.2, 0.25) is 0 Å². The largest absolute Gasteiger partial charge is 0.480 e. The Morgan fingerprint density at radius 1 is 0.913 bits per heavy atom. The monoisotopic (exact) mass is 328 g/mol. The second-order valence-corrected chi connectivity index (χ2v) is 7.10. The smallest absolute Gasteiger partial charge is 0.321 e. The van der Waals surface area contributed by atoms with Crippen molar-refractivity contribution in [2.45, 2.75) is 26.8 Å². The Hall–Kier alpha value is -0.690. The molecule has 6 nitrogen and oxygen atoms in total. The summed E-state index contributed by atoms with van der Waals surface area (Å²) in [4.78, 5) is 21.0. The molecule has 0 spiro atoms. The van der Waals surface area contributed by atoms with Crippen LogP contribution in [0.4, 0.5) is 0 Å². The van der Waals surface area contributed by atoms with Gasteiger partial charge in [-0.1, -0.05) is 20.8 Å². The van der Waals surface area contributed by atoms with Crippen LogP contribution in [0.1, 0.15) is 20.8 Å². The minimum atomic E-state index is -0.697. The summed E-state index contributed by atoms with van der Waals surface area (Å²) < 4.78 is 0. The molecule has 1 unspecified atom stereocenters. The Labute approximate surface area is 142 Å². The molecule has 0 aromatic rings. The van der Waals surface area contributed by atoms with Gasteiger partial charge in [-0.25, -0.2) is 0 Å². The van der Waals surface area contributed by atoms with Gasteiger partial charge < -0.3 is 19.8 Å². The van der Waals surface area contributed by atoms with Crippen LogP contribution in [0.2, 0.25) is 0 Å². The Bertz CT molecular complexity index is 351. The van der Waals surface area contributed by atoms with Crippen molar-refractivity contribution in [2.75, 3.05) is 73.0 Å². The van der Waals surface area contributed by atoms with E-state index in [1.165, 1.54) is 0 Å². The summed E-state index contributed by atoms with van der Waals surface area (Å²) in [6.07, 6.45) is 0. The lowest BCUT2D eigenvalue weighted by atomic mass is 10.0. The molecule has 0 aromatic heterocycles. The number of hydrogen-bond acceptors (Lipinski definition) is 5. The highest BCUT2D eigenvalue weighted by Gasteiger charge is 2.29. The van der Waals surface area contributed by atoms with Gasteiger partial charge in [-0.15, -0.1) is 0 Å². The SMILES string of the molecule is CCN1CCN(C)CCN(C)CCN(C(C(=O)O)C(C)C)CC1. The summed E-state index contributed by atoms with van der Waals surface area (Å²) in [6.45, 7) is 14.9. The quantitative estimate of drug-likeness (QED) is 0.815. The van der Waals surface area contributed by atoms with Crippen molar-refractivity contribution in [3.8, 4) is 0 Å². The van der Waals surface area contributed by atoms with Gasteiger partial charge in [0.25, 0.3) is 0 Å². The molecule has 1 atom stereocenters. The molecule has 1 rings (SSSR count). The number of carboxylic acid groups (broad SMARTS) is 1. The van der Waals surface area contributed by atoms with Crippen LogP contribution in [-0.4, -0.2) is 110 Å². The maximum Gasteiger partial charge on any atom is 0.321 e. The molecule has 1 heterocycles. The number of aliphatic carboxylic acids is 1. The number of nitrogens with zero attached hydrogens (tertiary/aromatic N) is 4. The van der Waals surface area contributed by atoms with Gasteiger partial charge in [0, 0.05) is 52.4 Å². The molecule has 0 aliphatic carbocycles. The lowest BCUT2D eigenvalue weighted by Gasteiger charge is -2.35. The van der Waals surface area contributed by atoms with Crippen molar-refractivity contribution < 1.29 is 9.90 Å². The van der Waals surface area contributed by atoms with Crippen LogP contribution in [0.3, 0.4) is 0 Å². The third-order valence-corrected chi connectivity index (χ3v) is 4.86. The van der Waals surface area contributed by atoms with Gasteiger partial charge in [0.15, 0.2) is 0 Å². The normalized spacial score (nSPS) is 23.4. The van der Waals surface area contributed by atoms with Crippen molar-refractivity contribution in [3.05, 3.63) is 0 Å². The minimum Gasteiger partial charge on any atom is -0.480 e. The van der Waals surface area contributed by atoms with Crippen LogP contribution in [0, 0.1) is 5.92 Å². The molecular weight excluding hydrogens is 292 g/mol.